The Hall–Kier alpha value is -11.7. The van der Waals surface area contributed by atoms with Gasteiger partial charge in [0, 0.05) is 136 Å². The molecule has 12 rings (SSSR count). The number of nitrogens with zero attached hydrogens (tertiary/aromatic N) is 16. The topological polar surface area (TPSA) is 519 Å². The summed E-state index contributed by atoms with van der Waals surface area (Å²) in [6.45, 7) is 32.7. The average Bonchev–Trinajstić information content (AvgIpc) is 0.816. The number of nitrogens with two attached hydrogens (primary N) is 1. The summed E-state index contributed by atoms with van der Waals surface area (Å²) >= 11 is 0. The number of pyridine rings is 2. The Morgan fingerprint density at radius 3 is 1.48 bits per heavy atom. The van der Waals surface area contributed by atoms with E-state index < -0.39 is 93.8 Å². The van der Waals surface area contributed by atoms with Gasteiger partial charge in [0.05, 0.1) is 35.5 Å². The number of aldehydes is 1. The number of halogens is 6. The molecule has 0 spiro atoms. The van der Waals surface area contributed by atoms with Crippen LogP contribution in [-0.2, 0) is 52.5 Å². The predicted octanol–water partition coefficient (Wildman–Crippen LogP) is 9.03. The van der Waals surface area contributed by atoms with E-state index in [9.17, 15) is 68.3 Å². The van der Waals surface area contributed by atoms with Crippen molar-refractivity contribution in [3.8, 4) is 0 Å². The number of carbonyl (C=O) groups excluding carboxylic acids is 7. The number of amides is 6. The number of carboxylic acids is 1. The maximum absolute atomic E-state index is 12.8. The van der Waals surface area contributed by atoms with Crippen LogP contribution in [0, 0.1) is 43.4 Å². The minimum Gasteiger partial charge on any atom is -1.00 e. The Bertz CT molecular complexity index is 5070. The van der Waals surface area contributed by atoms with Crippen molar-refractivity contribution < 1.29 is 138 Å². The standard InChI is InChI=1S/C18H22N6O2.C15H21N3O2.C13H17N3O5.C12H18F3NO5S.C10H15N3.C10H13N3.C4H5BN2O2.C2HF3O.CH4.B.Na.H/c1-11-3-4-15(13-6-20-10-21-7-13)24(9-11)18(26)17(25)23-14-5-12(2)16(19)22-8-14;1-11-5-6-13(12-7-16-10-17-8-12)18(9-11)14(19)20-15(2,3)4;1-7-5-8(15-10(17)11(18)19)6-14-9(7)16-12(20)21-13(2,3)4;1-8-5-6-9(21-22(18,19)12(13,14)15)16(7-8)10(17)20-11(2,3)4;2*1-8-2-3-10(13-4-8)9-5-11-7-12-6-9;8-5(9)4-1-6-3-7-2-4;3-2(4,5)1-6;;;;/h5-8,10-11,15H,3-4,9H2,1-2H3,(H2,19,22)(H,23,25);6-8,10-11H,5,9H2,1-4H3;5-6H,1-4H3,(H,15,17)(H,18,19)(H,14,16,20);6,8H,5,7H2,1-4H3;5-8,10,13H,2-4H2,1H3;5-8H,2-4H2,1H3;1-3,8-9H;1H;1H4;;;/q;;;;;;;;;;+1;-1/t11-,15+;;;;;;;;;;;/m1.........../s1. The predicted molar refractivity (Wildman–Crippen MR) is 480 cm³/mol. The number of likely N-dealkylation sites (tertiary alicyclic amines) is 1. The third kappa shape index (κ3) is 43.3. The first-order chi connectivity index (χ1) is 60.7. The summed E-state index contributed by atoms with van der Waals surface area (Å²) in [7, 11) is -7.31. The van der Waals surface area contributed by atoms with Gasteiger partial charge in [-0.1, -0.05) is 48.1 Å². The molecule has 9 N–H and O–H groups in total. The van der Waals surface area contributed by atoms with Gasteiger partial charge in [0.15, 0.2) is 0 Å². The van der Waals surface area contributed by atoms with E-state index in [0.29, 0.717) is 53.5 Å². The molecule has 3 radical (unpaired) electrons. The number of nitrogens with one attached hydrogen (secondary N) is 4. The Balaban J connectivity index is 0.000000783. The number of alkyl halides is 6. The fourth-order valence-electron chi connectivity index (χ4n) is 12.0. The number of ether oxygens (including phenoxy) is 3. The summed E-state index contributed by atoms with van der Waals surface area (Å²) in [4.78, 5) is 147. The fourth-order valence-corrected chi connectivity index (χ4v) is 12.4. The first kappa shape index (κ1) is 117. The van der Waals surface area contributed by atoms with Crippen LogP contribution >= 0.6 is 0 Å². The van der Waals surface area contributed by atoms with E-state index in [4.69, 9.17) is 39.9 Å². The summed E-state index contributed by atoms with van der Waals surface area (Å²) in [5.74, 6) is -1.85. The molecule has 5 aliphatic rings. The second-order valence-electron chi connectivity index (χ2n) is 33.7. The molecule has 7 atom stereocenters. The van der Waals surface area contributed by atoms with E-state index in [1.165, 1.54) is 80.4 Å². The zero-order valence-corrected chi connectivity index (χ0v) is 79.4. The maximum atomic E-state index is 12.8. The van der Waals surface area contributed by atoms with Crippen LogP contribution in [0.4, 0.5) is 63.7 Å². The largest absolute Gasteiger partial charge is 1.00 e. The third-order valence-corrected chi connectivity index (χ3v) is 19.3. The van der Waals surface area contributed by atoms with E-state index in [2.05, 4.69) is 124 Å². The molecule has 2 fully saturated rings. The number of nitrogen functional groups attached to an aromatic ring is 1. The molecule has 719 valence electrons. The van der Waals surface area contributed by atoms with Crippen LogP contribution < -0.4 is 62.0 Å². The molecule has 6 amide bonds. The van der Waals surface area contributed by atoms with Crippen molar-refractivity contribution in [3.63, 3.8) is 0 Å². The van der Waals surface area contributed by atoms with E-state index in [1.54, 1.807) is 116 Å². The molecule has 7 aromatic rings. The second-order valence-corrected chi connectivity index (χ2v) is 35.2. The minimum atomic E-state index is -5.84. The number of rotatable bonds is 10. The van der Waals surface area contributed by atoms with Gasteiger partial charge >= 0.3 is 100 Å². The van der Waals surface area contributed by atoms with Gasteiger partial charge in [-0.3, -0.25) is 34.4 Å². The average molecular weight is 1900 g/mol. The number of allylic oxidation sites excluding steroid dienone is 2. The fraction of sp³-hybridized carbons (Fsp3) is 0.494. The number of aliphatic carboxylic acids is 1. The van der Waals surface area contributed by atoms with Gasteiger partial charge < -0.3 is 61.6 Å². The smallest absolute Gasteiger partial charge is 1.00 e. The SMILES string of the molecule is C.CC1CC=C(OS(=O)(=O)C(F)(F)F)N(C(=O)OC(C)(C)C)C1.CC1CC=C(c2cncnc2)N(C(=O)OC(C)(C)C)C1.CC1CCC(c2cncnc2)=NC1.CC1CCC(c2cncnc2)NC1.Cc1cc(NC(=O)C(=O)N2C[C@H](C)CC[C@H]2c2cncnc2)cnc1N.Cc1cc(NC(=O)C(=O)O)cnc1NC(=O)OC(C)(C)C.O=CC(F)(F)F.OB(O)c1cncnc1.[B].[H-].[Na+]. The van der Waals surface area contributed by atoms with E-state index in [0.717, 1.165) is 89.5 Å². The number of hydrogen-bond acceptors (Lipinski definition) is 31. The van der Waals surface area contributed by atoms with Crippen molar-refractivity contribution in [3.05, 3.63) is 170 Å². The van der Waals surface area contributed by atoms with Crippen molar-refractivity contribution in [1.29, 1.82) is 0 Å². The normalized spacial score (nSPS) is 18.0. The number of aryl methyl sites for hydroxylation is 2. The maximum Gasteiger partial charge on any atom is 1.00 e. The summed E-state index contributed by atoms with van der Waals surface area (Å²) in [6, 6.07) is 3.45. The first-order valence-corrected chi connectivity index (χ1v) is 42.3. The van der Waals surface area contributed by atoms with E-state index in [1.807, 2.05) is 45.6 Å². The number of carboxylic acid groups (broad SMARTS) is 1. The van der Waals surface area contributed by atoms with Crippen LogP contribution in [-0.4, -0.2) is 229 Å². The van der Waals surface area contributed by atoms with Crippen molar-refractivity contribution in [2.45, 2.75) is 210 Å². The molecular weight excluding hydrogens is 1780 g/mol. The molecule has 7 aromatic heterocycles. The van der Waals surface area contributed by atoms with Gasteiger partial charge in [-0.25, -0.2) is 83.9 Å². The van der Waals surface area contributed by atoms with Crippen LogP contribution in [0.3, 0.4) is 0 Å². The van der Waals surface area contributed by atoms with Crippen molar-refractivity contribution in [2.24, 2.45) is 34.6 Å². The second kappa shape index (κ2) is 55.1. The molecule has 5 unspecified atom stereocenters. The molecule has 5 aliphatic heterocycles. The monoisotopic (exact) mass is 1890 g/mol. The van der Waals surface area contributed by atoms with Gasteiger partial charge in [0.25, 0.3) is 0 Å². The molecule has 0 aromatic carbocycles. The van der Waals surface area contributed by atoms with Gasteiger partial charge in [-0.15, -0.1) is 0 Å². The van der Waals surface area contributed by atoms with Crippen molar-refractivity contribution in [2.75, 3.05) is 54.4 Å². The molecule has 133 heavy (non-hydrogen) atoms. The Labute approximate surface area is 795 Å². The number of aromatic nitrogens is 12. The van der Waals surface area contributed by atoms with Crippen LogP contribution in [0.15, 0.2) is 141 Å². The number of carbonyl (C=O) groups is 8. The minimum absolute atomic E-state index is 0. The molecular formula is C85H117B2F6N21NaO17S. The summed E-state index contributed by atoms with van der Waals surface area (Å²) in [6.07, 6.45) is 30.3. The van der Waals surface area contributed by atoms with Crippen molar-refractivity contribution in [1.82, 2.24) is 79.8 Å². The zero-order valence-electron chi connectivity index (χ0n) is 77.6. The van der Waals surface area contributed by atoms with Gasteiger partial charge in [-0.05, 0) is 193 Å². The third-order valence-electron chi connectivity index (χ3n) is 18.3. The molecule has 38 nitrogen and oxygen atoms in total. The van der Waals surface area contributed by atoms with Crippen LogP contribution in [0.2, 0.25) is 0 Å². The summed E-state index contributed by atoms with van der Waals surface area (Å²) in [5, 5.41) is 36.2. The number of hydrogen-bond donors (Lipinski definition) is 8. The molecule has 12 heterocycles. The number of anilines is 4. The van der Waals surface area contributed by atoms with Gasteiger partial charge in [0.2, 0.25) is 12.2 Å². The van der Waals surface area contributed by atoms with Crippen LogP contribution in [0.5, 0.6) is 0 Å². The van der Waals surface area contributed by atoms with Crippen LogP contribution in [0.25, 0.3) is 5.70 Å². The summed E-state index contributed by atoms with van der Waals surface area (Å²) in [5.41, 5.74) is 6.31. The molecule has 2 saturated heterocycles. The Morgan fingerprint density at radius 2 is 1.03 bits per heavy atom. The number of aliphatic imine (C=N–C) groups is 1. The summed E-state index contributed by atoms with van der Waals surface area (Å²) < 4.78 is 110. The van der Waals surface area contributed by atoms with Gasteiger partial charge in [0.1, 0.15) is 60.1 Å². The Kier molecular flexibility index (Phi) is 48.7. The quantitative estimate of drug-likeness (QED) is 0.0120. The Morgan fingerprint density at radius 1 is 0.571 bits per heavy atom. The molecule has 48 heteroatoms. The van der Waals surface area contributed by atoms with Crippen LogP contribution in [0.1, 0.15) is 203 Å². The first-order valence-electron chi connectivity index (χ1n) is 40.9. The zero-order chi connectivity index (χ0) is 97.1. The number of piperidine rings is 2. The molecule has 0 saturated carbocycles. The van der Waals surface area contributed by atoms with Gasteiger partial charge in [-0.2, -0.15) is 34.8 Å². The van der Waals surface area contributed by atoms with E-state index in [-0.39, 0.29) is 89.3 Å². The van der Waals surface area contributed by atoms with E-state index >= 15 is 0 Å². The molecule has 0 aliphatic carbocycles. The van der Waals surface area contributed by atoms with Crippen molar-refractivity contribution >= 4 is 114 Å². The molecule has 0 bridgehead atoms.